The van der Waals surface area contributed by atoms with Crippen molar-refractivity contribution < 1.29 is 0 Å². The molecule has 0 amide bonds. The van der Waals surface area contributed by atoms with E-state index in [0.717, 1.165) is 12.2 Å². The summed E-state index contributed by atoms with van der Waals surface area (Å²) in [5.41, 5.74) is 9.44. The van der Waals surface area contributed by atoms with E-state index in [-0.39, 0.29) is 24.0 Å². The van der Waals surface area contributed by atoms with E-state index >= 15 is 0 Å². The third-order valence-electron chi connectivity index (χ3n) is 4.36. The molecular weight excluding hydrogens is 423 g/mol. The third-order valence-corrected chi connectivity index (χ3v) is 4.36. The number of hydrogen-bond donors (Lipinski definition) is 2. The van der Waals surface area contributed by atoms with Gasteiger partial charge in [0, 0.05) is 12.2 Å². The summed E-state index contributed by atoms with van der Waals surface area (Å²) < 4.78 is 0. The van der Waals surface area contributed by atoms with Crippen molar-refractivity contribution in [2.75, 3.05) is 18.4 Å². The predicted octanol–water partition coefficient (Wildman–Crippen LogP) is 4.22. The van der Waals surface area contributed by atoms with E-state index < -0.39 is 0 Å². The molecule has 25 heavy (non-hydrogen) atoms. The van der Waals surface area contributed by atoms with E-state index in [9.17, 15) is 0 Å². The van der Waals surface area contributed by atoms with Gasteiger partial charge in [-0.25, -0.2) is 4.99 Å². The highest BCUT2D eigenvalue weighted by Crippen LogP contribution is 2.14. The minimum atomic E-state index is 0. The summed E-state index contributed by atoms with van der Waals surface area (Å²) in [6.07, 6.45) is 4.05. The van der Waals surface area contributed by atoms with Crippen LogP contribution in [0.5, 0.6) is 0 Å². The molecule has 2 aromatic carbocycles. The van der Waals surface area contributed by atoms with Crippen LogP contribution in [0, 0.1) is 0 Å². The largest absolute Gasteiger partial charge is 0.370 e. The van der Waals surface area contributed by atoms with Crippen molar-refractivity contribution in [2.24, 2.45) is 10.7 Å². The normalized spacial score (nSPS) is 15.4. The second kappa shape index (κ2) is 10.4. The van der Waals surface area contributed by atoms with Crippen molar-refractivity contribution in [3.05, 3.63) is 65.7 Å². The number of benzene rings is 2. The molecule has 0 aromatic heterocycles. The number of nitrogens with one attached hydrogen (secondary N) is 1. The van der Waals surface area contributed by atoms with Gasteiger partial charge in [-0.05, 0) is 49.2 Å². The predicted molar refractivity (Wildman–Crippen MR) is 116 cm³/mol. The Morgan fingerprint density at radius 2 is 1.56 bits per heavy atom. The number of para-hydroxylation sites is 1. The van der Waals surface area contributed by atoms with Gasteiger partial charge in [-0.2, -0.15) is 0 Å². The number of halogens is 1. The zero-order valence-corrected chi connectivity index (χ0v) is 16.9. The van der Waals surface area contributed by atoms with Gasteiger partial charge in [0.2, 0.25) is 0 Å². The van der Waals surface area contributed by atoms with Crippen LogP contribution in [0.15, 0.2) is 59.6 Å². The van der Waals surface area contributed by atoms with Gasteiger partial charge in [-0.15, -0.1) is 24.0 Å². The molecule has 0 unspecified atom stereocenters. The smallest absolute Gasteiger partial charge is 0.193 e. The lowest BCUT2D eigenvalue weighted by Gasteiger charge is -2.26. The molecule has 1 aliphatic rings. The van der Waals surface area contributed by atoms with E-state index in [4.69, 9.17) is 5.73 Å². The Hall–Kier alpha value is -1.60. The van der Waals surface area contributed by atoms with Crippen molar-refractivity contribution in [3.63, 3.8) is 0 Å². The summed E-state index contributed by atoms with van der Waals surface area (Å²) in [5.74, 6) is 0.443. The van der Waals surface area contributed by atoms with Gasteiger partial charge in [0.25, 0.3) is 0 Å². The van der Waals surface area contributed by atoms with Crippen LogP contribution in [0.2, 0.25) is 0 Å². The fraction of sp³-hybridized carbons (Fsp3) is 0.350. The van der Waals surface area contributed by atoms with Crippen LogP contribution >= 0.6 is 24.0 Å². The number of nitrogens with zero attached hydrogens (tertiary/aromatic N) is 2. The first-order chi connectivity index (χ1) is 11.8. The summed E-state index contributed by atoms with van der Waals surface area (Å²) >= 11 is 0. The molecule has 1 aliphatic heterocycles. The highest BCUT2D eigenvalue weighted by atomic mass is 127. The Morgan fingerprint density at radius 1 is 0.920 bits per heavy atom. The SMILES string of the molecule is I.NC(=NCc1ccc(CN2CCCCC2)cc1)Nc1ccccc1. The molecule has 0 spiro atoms. The van der Waals surface area contributed by atoms with Crippen LogP contribution in [0.25, 0.3) is 0 Å². The van der Waals surface area contributed by atoms with E-state index in [1.54, 1.807) is 0 Å². The zero-order valence-electron chi connectivity index (χ0n) is 14.5. The minimum Gasteiger partial charge on any atom is -0.370 e. The molecule has 0 radical (unpaired) electrons. The molecule has 1 fully saturated rings. The van der Waals surface area contributed by atoms with Gasteiger partial charge < -0.3 is 11.1 Å². The van der Waals surface area contributed by atoms with Gasteiger partial charge in [-0.3, -0.25) is 4.90 Å². The van der Waals surface area contributed by atoms with E-state index in [1.165, 1.54) is 43.5 Å². The van der Waals surface area contributed by atoms with E-state index in [2.05, 4.69) is 39.5 Å². The van der Waals surface area contributed by atoms with Crippen molar-refractivity contribution in [3.8, 4) is 0 Å². The molecular formula is C20H27IN4. The van der Waals surface area contributed by atoms with Gasteiger partial charge >= 0.3 is 0 Å². The maximum absolute atomic E-state index is 5.94. The lowest BCUT2D eigenvalue weighted by molar-refractivity contribution is 0.221. The van der Waals surface area contributed by atoms with Crippen LogP contribution < -0.4 is 11.1 Å². The Bertz CT molecular complexity index is 649. The number of likely N-dealkylation sites (tertiary alicyclic amines) is 1. The summed E-state index contributed by atoms with van der Waals surface area (Å²) in [6, 6.07) is 18.6. The molecule has 1 heterocycles. The first kappa shape index (κ1) is 19.7. The molecule has 0 saturated carbocycles. The van der Waals surface area contributed by atoms with Gasteiger partial charge in [0.15, 0.2) is 5.96 Å². The number of guanidine groups is 1. The molecule has 4 nitrogen and oxygen atoms in total. The number of aliphatic imine (C=N–C) groups is 1. The lowest BCUT2D eigenvalue weighted by Crippen LogP contribution is -2.29. The molecule has 0 aliphatic carbocycles. The van der Waals surface area contributed by atoms with Gasteiger partial charge in [0.05, 0.1) is 6.54 Å². The van der Waals surface area contributed by atoms with Crippen molar-refractivity contribution >= 4 is 35.6 Å². The number of hydrogen-bond acceptors (Lipinski definition) is 2. The summed E-state index contributed by atoms with van der Waals surface area (Å²) in [6.45, 7) is 4.11. The number of piperidine rings is 1. The molecule has 5 heteroatoms. The fourth-order valence-corrected chi connectivity index (χ4v) is 3.01. The molecule has 3 N–H and O–H groups in total. The molecule has 134 valence electrons. The second-order valence-corrected chi connectivity index (χ2v) is 6.35. The summed E-state index contributed by atoms with van der Waals surface area (Å²) in [4.78, 5) is 6.95. The first-order valence-corrected chi connectivity index (χ1v) is 8.72. The molecule has 2 aromatic rings. The second-order valence-electron chi connectivity index (χ2n) is 6.35. The Morgan fingerprint density at radius 3 is 2.24 bits per heavy atom. The van der Waals surface area contributed by atoms with E-state index in [0.29, 0.717) is 12.5 Å². The van der Waals surface area contributed by atoms with Crippen LogP contribution in [-0.4, -0.2) is 23.9 Å². The Kier molecular flexibility index (Phi) is 8.21. The summed E-state index contributed by atoms with van der Waals surface area (Å²) in [5, 5.41) is 3.10. The van der Waals surface area contributed by atoms with E-state index in [1.807, 2.05) is 30.3 Å². The highest BCUT2D eigenvalue weighted by molar-refractivity contribution is 14.0. The lowest BCUT2D eigenvalue weighted by atomic mass is 10.1. The topological polar surface area (TPSA) is 53.6 Å². The Labute approximate surface area is 167 Å². The number of anilines is 1. The standard InChI is InChI=1S/C20H26N4.HI/c21-20(23-19-7-3-1-4-8-19)22-15-17-9-11-18(12-10-17)16-24-13-5-2-6-14-24;/h1,3-4,7-12H,2,5-6,13-16H2,(H3,21,22,23);1H. The molecule has 0 bridgehead atoms. The number of nitrogens with two attached hydrogens (primary N) is 1. The first-order valence-electron chi connectivity index (χ1n) is 8.72. The quantitative estimate of drug-likeness (QED) is 0.408. The average Bonchev–Trinajstić information content (AvgIpc) is 2.63. The zero-order chi connectivity index (χ0) is 16.6. The minimum absolute atomic E-state index is 0. The molecule has 0 atom stereocenters. The molecule has 3 rings (SSSR count). The van der Waals surface area contributed by atoms with Crippen molar-refractivity contribution in [1.82, 2.24) is 4.90 Å². The Balaban J connectivity index is 0.00000225. The van der Waals surface area contributed by atoms with Crippen LogP contribution in [0.4, 0.5) is 5.69 Å². The van der Waals surface area contributed by atoms with Gasteiger partial charge in [-0.1, -0.05) is 48.9 Å². The monoisotopic (exact) mass is 450 g/mol. The van der Waals surface area contributed by atoms with Gasteiger partial charge in [0.1, 0.15) is 0 Å². The van der Waals surface area contributed by atoms with Crippen LogP contribution in [0.3, 0.4) is 0 Å². The summed E-state index contributed by atoms with van der Waals surface area (Å²) in [7, 11) is 0. The van der Waals surface area contributed by atoms with Crippen molar-refractivity contribution in [2.45, 2.75) is 32.4 Å². The van der Waals surface area contributed by atoms with Crippen LogP contribution in [0.1, 0.15) is 30.4 Å². The third kappa shape index (κ3) is 6.66. The maximum atomic E-state index is 5.94. The number of rotatable bonds is 5. The van der Waals surface area contributed by atoms with Crippen molar-refractivity contribution in [1.29, 1.82) is 0 Å². The fourth-order valence-electron chi connectivity index (χ4n) is 3.01. The molecule has 1 saturated heterocycles. The van der Waals surface area contributed by atoms with Crippen LogP contribution in [-0.2, 0) is 13.1 Å². The average molecular weight is 450 g/mol. The highest BCUT2D eigenvalue weighted by Gasteiger charge is 2.10. The maximum Gasteiger partial charge on any atom is 0.193 e.